The zero-order valence-electron chi connectivity index (χ0n) is 19.0. The number of methoxy groups -OCH3 is 1. The number of nitrogens with zero attached hydrogens (tertiary/aromatic N) is 1. The van der Waals surface area contributed by atoms with Crippen LogP contribution in [0, 0.1) is 13.1 Å². The highest BCUT2D eigenvalue weighted by Gasteiger charge is 2.23. The van der Waals surface area contributed by atoms with Crippen LogP contribution in [0.15, 0.2) is 47.7 Å². The molecule has 10 heteroatoms. The number of hydrogen-bond donors (Lipinski definition) is 3. The van der Waals surface area contributed by atoms with Crippen LogP contribution in [0.1, 0.15) is 25.0 Å². The predicted molar refractivity (Wildman–Crippen MR) is 149 cm³/mol. The van der Waals surface area contributed by atoms with Crippen molar-refractivity contribution in [3.63, 3.8) is 0 Å². The predicted octanol–water partition coefficient (Wildman–Crippen LogP) is 4.83. The number of hydrazone groups is 1. The molecule has 8 nitrogen and oxygen atoms in total. The summed E-state index contributed by atoms with van der Waals surface area (Å²) in [6, 6.07) is 10.7. The molecule has 0 aliphatic heterocycles. The fourth-order valence-corrected chi connectivity index (χ4v) is 5.51. The standard InChI is InChI=1S/C24H26I2N4O4/c1-14(2)13-34-24(32)29-21(10-16-12-27-20-7-5-4-6-17(16)20)23(31)30-28-11-15-8-18(25)22(33-3)19(26)9-15/h4-9,11-12,14,21,27H,10,13H2,1-3H3,(H,29,32)(H,30,31)/b28-11-/t21-/m0/s1. The van der Waals surface area contributed by atoms with Crippen molar-refractivity contribution in [2.75, 3.05) is 13.7 Å². The van der Waals surface area contributed by atoms with E-state index >= 15 is 0 Å². The highest BCUT2D eigenvalue weighted by Crippen LogP contribution is 2.28. The van der Waals surface area contributed by atoms with Gasteiger partial charge in [-0.1, -0.05) is 32.0 Å². The zero-order chi connectivity index (χ0) is 24.7. The Hall–Kier alpha value is -2.35. The van der Waals surface area contributed by atoms with E-state index in [2.05, 4.69) is 66.0 Å². The van der Waals surface area contributed by atoms with Crippen molar-refractivity contribution < 1.29 is 19.1 Å². The van der Waals surface area contributed by atoms with Gasteiger partial charge in [0, 0.05) is 23.5 Å². The second kappa shape index (κ2) is 12.4. The highest BCUT2D eigenvalue weighted by atomic mass is 127. The molecule has 0 bridgehead atoms. The third kappa shape index (κ3) is 7.08. The summed E-state index contributed by atoms with van der Waals surface area (Å²) >= 11 is 4.38. The lowest BCUT2D eigenvalue weighted by molar-refractivity contribution is -0.123. The molecule has 34 heavy (non-hydrogen) atoms. The van der Waals surface area contributed by atoms with Gasteiger partial charge in [-0.25, -0.2) is 10.2 Å². The van der Waals surface area contributed by atoms with Crippen LogP contribution in [-0.2, 0) is 16.0 Å². The molecule has 0 spiro atoms. The Labute approximate surface area is 225 Å². The Morgan fingerprint density at radius 3 is 2.56 bits per heavy atom. The Morgan fingerprint density at radius 1 is 1.18 bits per heavy atom. The van der Waals surface area contributed by atoms with Crippen LogP contribution in [0.2, 0.25) is 0 Å². The average molecular weight is 688 g/mol. The van der Waals surface area contributed by atoms with Crippen LogP contribution < -0.4 is 15.5 Å². The number of carbonyl (C=O) groups is 2. The van der Waals surface area contributed by atoms with Gasteiger partial charge in [0.25, 0.3) is 5.91 Å². The Morgan fingerprint density at radius 2 is 1.88 bits per heavy atom. The summed E-state index contributed by atoms with van der Waals surface area (Å²) in [6.07, 6.45) is 3.04. The van der Waals surface area contributed by atoms with Crippen molar-refractivity contribution in [3.05, 3.63) is 60.9 Å². The van der Waals surface area contributed by atoms with Gasteiger partial charge in [0.2, 0.25) is 0 Å². The SMILES string of the molecule is COc1c(I)cc(/C=N\NC(=O)[C@H](Cc2c[nH]c3ccccc23)NC(=O)OCC(C)C)cc1I. The van der Waals surface area contributed by atoms with Crippen molar-refractivity contribution in [1.29, 1.82) is 0 Å². The van der Waals surface area contributed by atoms with Gasteiger partial charge in [-0.05, 0) is 80.4 Å². The first kappa shape index (κ1) is 26.3. The number of aromatic nitrogens is 1. The molecule has 1 heterocycles. The third-order valence-corrected chi connectivity index (χ3v) is 6.47. The molecule has 3 rings (SSSR count). The van der Waals surface area contributed by atoms with Gasteiger partial charge in [0.1, 0.15) is 11.8 Å². The minimum atomic E-state index is -0.868. The Balaban J connectivity index is 1.74. The minimum Gasteiger partial charge on any atom is -0.495 e. The van der Waals surface area contributed by atoms with Crippen LogP contribution >= 0.6 is 45.2 Å². The van der Waals surface area contributed by atoms with Gasteiger partial charge in [-0.15, -0.1) is 0 Å². The number of para-hydroxylation sites is 1. The van der Waals surface area contributed by atoms with E-state index in [0.29, 0.717) is 0 Å². The van der Waals surface area contributed by atoms with Crippen molar-refractivity contribution >= 4 is 74.3 Å². The van der Waals surface area contributed by atoms with Crippen molar-refractivity contribution in [2.45, 2.75) is 26.3 Å². The number of rotatable bonds is 9. The first-order valence-corrected chi connectivity index (χ1v) is 12.8. The maximum absolute atomic E-state index is 13.0. The van der Waals surface area contributed by atoms with E-state index in [4.69, 9.17) is 9.47 Å². The molecule has 180 valence electrons. The number of aromatic amines is 1. The summed E-state index contributed by atoms with van der Waals surface area (Å²) in [5.74, 6) is 0.539. The molecule has 1 atom stereocenters. The second-order valence-electron chi connectivity index (χ2n) is 8.00. The molecule has 2 aromatic carbocycles. The number of fused-ring (bicyclic) bond motifs is 1. The van der Waals surface area contributed by atoms with Crippen molar-refractivity contribution in [2.24, 2.45) is 11.0 Å². The lowest BCUT2D eigenvalue weighted by Gasteiger charge is -2.17. The Bertz CT molecular complexity index is 1170. The summed E-state index contributed by atoms with van der Waals surface area (Å²) in [7, 11) is 1.63. The van der Waals surface area contributed by atoms with E-state index in [1.165, 1.54) is 0 Å². The fourth-order valence-electron chi connectivity index (χ4n) is 3.25. The molecule has 0 aliphatic carbocycles. The number of carbonyl (C=O) groups excluding carboxylic acids is 2. The fraction of sp³-hybridized carbons (Fsp3) is 0.292. The molecule has 0 saturated carbocycles. The molecular formula is C24H26I2N4O4. The van der Waals surface area contributed by atoms with Gasteiger partial charge < -0.3 is 19.8 Å². The number of alkyl carbamates (subject to hydrolysis) is 1. The van der Waals surface area contributed by atoms with Crippen LogP contribution in [0.5, 0.6) is 5.75 Å². The van der Waals surface area contributed by atoms with E-state index in [1.54, 1.807) is 13.3 Å². The molecule has 0 fully saturated rings. The smallest absolute Gasteiger partial charge is 0.407 e. The Kier molecular flexibility index (Phi) is 9.56. The van der Waals surface area contributed by atoms with Gasteiger partial charge in [0.05, 0.1) is 27.1 Å². The lowest BCUT2D eigenvalue weighted by atomic mass is 10.0. The van der Waals surface area contributed by atoms with E-state index in [-0.39, 0.29) is 18.9 Å². The molecule has 3 N–H and O–H groups in total. The van der Waals surface area contributed by atoms with Gasteiger partial charge >= 0.3 is 6.09 Å². The molecule has 2 amide bonds. The zero-order valence-corrected chi connectivity index (χ0v) is 23.3. The summed E-state index contributed by atoms with van der Waals surface area (Å²) < 4.78 is 12.5. The lowest BCUT2D eigenvalue weighted by Crippen LogP contribution is -2.47. The van der Waals surface area contributed by atoms with E-state index in [0.717, 1.165) is 34.9 Å². The molecule has 1 aromatic heterocycles. The first-order chi connectivity index (χ1) is 16.3. The topological polar surface area (TPSA) is 105 Å². The van der Waals surface area contributed by atoms with Crippen LogP contribution in [0.3, 0.4) is 0 Å². The molecule has 0 unspecified atom stereocenters. The van der Waals surface area contributed by atoms with Gasteiger partial charge in [-0.2, -0.15) is 5.10 Å². The number of H-pyrrole nitrogens is 1. The molecule has 3 aromatic rings. The van der Waals surface area contributed by atoms with E-state index in [9.17, 15) is 9.59 Å². The summed E-state index contributed by atoms with van der Waals surface area (Å²) in [4.78, 5) is 28.5. The van der Waals surface area contributed by atoms with Crippen LogP contribution in [-0.4, -0.2) is 43.0 Å². The number of amides is 2. The van der Waals surface area contributed by atoms with Gasteiger partial charge in [-0.3, -0.25) is 4.79 Å². The largest absolute Gasteiger partial charge is 0.495 e. The van der Waals surface area contributed by atoms with Crippen molar-refractivity contribution in [3.8, 4) is 5.75 Å². The molecular weight excluding hydrogens is 662 g/mol. The van der Waals surface area contributed by atoms with E-state index in [1.807, 2.05) is 56.4 Å². The maximum Gasteiger partial charge on any atom is 0.407 e. The molecule has 0 radical (unpaired) electrons. The molecule has 0 saturated heterocycles. The summed E-state index contributed by atoms with van der Waals surface area (Å²) in [5, 5.41) is 7.77. The number of nitrogens with one attached hydrogen (secondary N) is 3. The number of ether oxygens (including phenoxy) is 2. The second-order valence-corrected chi connectivity index (χ2v) is 10.3. The highest BCUT2D eigenvalue weighted by molar-refractivity contribution is 14.1. The monoisotopic (exact) mass is 688 g/mol. The minimum absolute atomic E-state index is 0.186. The number of halogens is 2. The maximum atomic E-state index is 13.0. The third-order valence-electron chi connectivity index (χ3n) is 4.87. The van der Waals surface area contributed by atoms with E-state index < -0.39 is 18.0 Å². The summed E-state index contributed by atoms with van der Waals surface area (Å²) in [5.41, 5.74) is 5.22. The average Bonchev–Trinajstić information content (AvgIpc) is 3.20. The molecule has 0 aliphatic rings. The summed E-state index contributed by atoms with van der Waals surface area (Å²) in [6.45, 7) is 4.15. The van der Waals surface area contributed by atoms with Crippen molar-refractivity contribution in [1.82, 2.24) is 15.7 Å². The van der Waals surface area contributed by atoms with Crippen LogP contribution in [0.25, 0.3) is 10.9 Å². The number of hydrogen-bond acceptors (Lipinski definition) is 5. The normalized spacial score (nSPS) is 12.2. The first-order valence-electron chi connectivity index (χ1n) is 10.6. The van der Waals surface area contributed by atoms with Gasteiger partial charge in [0.15, 0.2) is 0 Å². The quantitative estimate of drug-likeness (QED) is 0.170. The number of benzene rings is 2. The van der Waals surface area contributed by atoms with Crippen LogP contribution in [0.4, 0.5) is 4.79 Å².